The molecule has 1 aliphatic heterocycles. The third-order valence-electron chi connectivity index (χ3n) is 5.70. The van der Waals surface area contributed by atoms with Gasteiger partial charge in [-0.15, -0.1) is 11.3 Å². The lowest BCUT2D eigenvalue weighted by atomic mass is 9.93. The number of benzene rings is 2. The molecule has 0 N–H and O–H groups in total. The van der Waals surface area contributed by atoms with Gasteiger partial charge in [0, 0.05) is 11.4 Å². The van der Waals surface area contributed by atoms with Crippen LogP contribution in [-0.4, -0.2) is 33.2 Å². The summed E-state index contributed by atoms with van der Waals surface area (Å²) in [5.41, 5.74) is 4.42. The molecule has 30 heavy (non-hydrogen) atoms. The van der Waals surface area contributed by atoms with Crippen molar-refractivity contribution in [3.63, 3.8) is 0 Å². The van der Waals surface area contributed by atoms with Crippen LogP contribution < -0.4 is 0 Å². The second kappa shape index (κ2) is 8.28. The molecule has 0 bridgehead atoms. The number of aromatic nitrogens is 2. The third-order valence-corrected chi connectivity index (χ3v) is 7.25. The number of hydrogen-bond donors (Lipinski definition) is 0. The van der Waals surface area contributed by atoms with Crippen LogP contribution in [0.4, 0.5) is 0 Å². The molecule has 2 aromatic heterocycles. The molecule has 1 unspecified atom stereocenters. The number of carbonyl (C=O) groups is 1. The number of hydrogen-bond acceptors (Lipinski definition) is 4. The Morgan fingerprint density at radius 1 is 1.13 bits per heavy atom. The Morgan fingerprint density at radius 2 is 1.93 bits per heavy atom. The van der Waals surface area contributed by atoms with Crippen molar-refractivity contribution in [2.75, 3.05) is 12.8 Å². The lowest BCUT2D eigenvalue weighted by Crippen LogP contribution is -2.41. The predicted octanol–water partition coefficient (Wildman–Crippen LogP) is 5.14. The van der Waals surface area contributed by atoms with E-state index in [-0.39, 0.29) is 11.9 Å². The average molecular weight is 434 g/mol. The van der Waals surface area contributed by atoms with Crippen LogP contribution in [0.25, 0.3) is 11.0 Å². The molecular weight excluding hydrogens is 410 g/mol. The highest BCUT2D eigenvalue weighted by atomic mass is 32.2. The van der Waals surface area contributed by atoms with Crippen LogP contribution in [0.1, 0.15) is 27.9 Å². The summed E-state index contributed by atoms with van der Waals surface area (Å²) in [5, 5.41) is 2.15. The van der Waals surface area contributed by atoms with Gasteiger partial charge in [0.1, 0.15) is 12.4 Å². The average Bonchev–Trinajstić information content (AvgIpc) is 3.39. The molecule has 5 rings (SSSR count). The Kier molecular flexibility index (Phi) is 5.35. The van der Waals surface area contributed by atoms with Gasteiger partial charge < -0.3 is 9.47 Å². The summed E-state index contributed by atoms with van der Waals surface area (Å²) in [6.45, 7) is 1.07. The molecule has 152 valence electrons. The minimum atomic E-state index is -0.0208. The maximum atomic E-state index is 13.7. The maximum Gasteiger partial charge on any atom is 0.243 e. The zero-order valence-electron chi connectivity index (χ0n) is 16.8. The lowest BCUT2D eigenvalue weighted by molar-refractivity contribution is -0.133. The summed E-state index contributed by atoms with van der Waals surface area (Å²) in [6, 6.07) is 20.6. The Labute approximate surface area is 184 Å². The Morgan fingerprint density at radius 3 is 2.77 bits per heavy atom. The topological polar surface area (TPSA) is 38.1 Å². The second-order valence-corrected chi connectivity index (χ2v) is 9.35. The number of rotatable bonds is 5. The van der Waals surface area contributed by atoms with E-state index in [0.717, 1.165) is 35.6 Å². The van der Waals surface area contributed by atoms with Crippen LogP contribution in [-0.2, 0) is 23.5 Å². The van der Waals surface area contributed by atoms with Crippen LogP contribution in [0.15, 0.2) is 66.0 Å². The number of thioether (sulfide) groups is 1. The molecule has 1 amide bonds. The molecule has 0 saturated heterocycles. The normalized spacial score (nSPS) is 16.0. The Balaban J connectivity index is 1.52. The first-order valence-electron chi connectivity index (χ1n) is 10.1. The highest BCUT2D eigenvalue weighted by Gasteiger charge is 2.33. The van der Waals surface area contributed by atoms with E-state index in [0.29, 0.717) is 6.54 Å². The van der Waals surface area contributed by atoms with Crippen LogP contribution in [0.5, 0.6) is 0 Å². The molecule has 0 radical (unpaired) electrons. The molecule has 4 aromatic rings. The fraction of sp³-hybridized carbons (Fsp3) is 0.250. The summed E-state index contributed by atoms with van der Waals surface area (Å²) in [5.74, 6) is 1.89. The van der Waals surface area contributed by atoms with E-state index in [1.807, 2.05) is 24.3 Å². The monoisotopic (exact) mass is 433 g/mol. The summed E-state index contributed by atoms with van der Waals surface area (Å²) in [4.78, 5) is 21.9. The van der Waals surface area contributed by atoms with Crippen molar-refractivity contribution in [2.24, 2.45) is 0 Å². The van der Waals surface area contributed by atoms with Crippen molar-refractivity contribution in [2.45, 2.75) is 24.8 Å². The summed E-state index contributed by atoms with van der Waals surface area (Å²) in [7, 11) is 0. The number of amides is 1. The van der Waals surface area contributed by atoms with Crippen molar-refractivity contribution in [3.8, 4) is 0 Å². The number of imidazole rings is 1. The predicted molar refractivity (Wildman–Crippen MR) is 125 cm³/mol. The molecule has 4 nitrogen and oxygen atoms in total. The van der Waals surface area contributed by atoms with Gasteiger partial charge in [-0.1, -0.05) is 42.5 Å². The molecule has 2 aromatic carbocycles. The van der Waals surface area contributed by atoms with E-state index in [2.05, 4.69) is 57.5 Å². The second-order valence-electron chi connectivity index (χ2n) is 7.49. The van der Waals surface area contributed by atoms with Gasteiger partial charge >= 0.3 is 0 Å². The zero-order valence-corrected chi connectivity index (χ0v) is 18.5. The standard InChI is InChI=1S/C24H23N3OS2/c1-29-16-22-25-19-9-5-6-10-20(19)27(22)15-23(28)26-13-11-21-18(12-14-30-21)24(26)17-7-3-2-4-8-17/h2-10,12,14,24H,11,13,15-16H2,1H3. The van der Waals surface area contributed by atoms with Gasteiger partial charge in [0.25, 0.3) is 0 Å². The van der Waals surface area contributed by atoms with E-state index >= 15 is 0 Å². The van der Waals surface area contributed by atoms with Crippen LogP contribution in [0.2, 0.25) is 0 Å². The fourth-order valence-electron chi connectivity index (χ4n) is 4.35. The molecule has 1 atom stereocenters. The van der Waals surface area contributed by atoms with Gasteiger partial charge in [0.15, 0.2) is 0 Å². The fourth-order valence-corrected chi connectivity index (χ4v) is 5.73. The number of fused-ring (bicyclic) bond motifs is 2. The zero-order chi connectivity index (χ0) is 20.5. The van der Waals surface area contributed by atoms with Crippen molar-refractivity contribution in [1.82, 2.24) is 14.5 Å². The van der Waals surface area contributed by atoms with E-state index in [9.17, 15) is 4.79 Å². The molecule has 1 aliphatic rings. The van der Waals surface area contributed by atoms with Crippen molar-refractivity contribution in [3.05, 3.63) is 87.9 Å². The largest absolute Gasteiger partial charge is 0.330 e. The van der Waals surface area contributed by atoms with Gasteiger partial charge in [-0.3, -0.25) is 4.79 Å². The minimum absolute atomic E-state index is 0.0208. The van der Waals surface area contributed by atoms with Gasteiger partial charge in [0.05, 0.1) is 22.8 Å². The van der Waals surface area contributed by atoms with Crippen molar-refractivity contribution in [1.29, 1.82) is 0 Å². The molecular formula is C24H23N3OS2. The number of para-hydroxylation sites is 2. The van der Waals surface area contributed by atoms with Crippen LogP contribution >= 0.6 is 23.1 Å². The molecule has 0 aliphatic carbocycles. The van der Waals surface area contributed by atoms with E-state index < -0.39 is 0 Å². The molecule has 0 fully saturated rings. The Hall–Kier alpha value is -2.57. The minimum Gasteiger partial charge on any atom is -0.330 e. The summed E-state index contributed by atoms with van der Waals surface area (Å²) < 4.78 is 2.10. The first-order valence-corrected chi connectivity index (χ1v) is 12.4. The smallest absolute Gasteiger partial charge is 0.243 e. The lowest BCUT2D eigenvalue weighted by Gasteiger charge is -2.36. The number of thiophene rings is 1. The van der Waals surface area contributed by atoms with Crippen molar-refractivity contribution >= 4 is 40.0 Å². The van der Waals surface area contributed by atoms with Gasteiger partial charge in [-0.25, -0.2) is 4.98 Å². The van der Waals surface area contributed by atoms with Gasteiger partial charge in [0.2, 0.25) is 5.91 Å². The SMILES string of the molecule is CSCc1nc2ccccc2n1CC(=O)N1CCc2sccc2C1c1ccccc1. The van der Waals surface area contributed by atoms with E-state index in [1.165, 1.54) is 16.0 Å². The first-order chi connectivity index (χ1) is 14.8. The molecule has 3 heterocycles. The molecule has 0 spiro atoms. The summed E-state index contributed by atoms with van der Waals surface area (Å²) in [6.07, 6.45) is 2.99. The number of carbonyl (C=O) groups excluding carboxylic acids is 1. The van der Waals surface area contributed by atoms with Crippen LogP contribution in [0.3, 0.4) is 0 Å². The van der Waals surface area contributed by atoms with Gasteiger partial charge in [-0.05, 0) is 47.4 Å². The molecule has 0 saturated carbocycles. The first kappa shape index (κ1) is 19.4. The highest BCUT2D eigenvalue weighted by molar-refractivity contribution is 7.97. The quantitative estimate of drug-likeness (QED) is 0.438. The number of nitrogens with zero attached hydrogens (tertiary/aromatic N) is 3. The molecule has 6 heteroatoms. The third kappa shape index (κ3) is 3.44. The van der Waals surface area contributed by atoms with Crippen molar-refractivity contribution < 1.29 is 4.79 Å². The van der Waals surface area contributed by atoms with E-state index in [1.54, 1.807) is 23.1 Å². The highest BCUT2D eigenvalue weighted by Crippen LogP contribution is 2.38. The summed E-state index contributed by atoms with van der Waals surface area (Å²) >= 11 is 3.53. The maximum absolute atomic E-state index is 13.7. The Bertz CT molecular complexity index is 1180. The van der Waals surface area contributed by atoms with Crippen LogP contribution in [0, 0.1) is 0 Å². The van der Waals surface area contributed by atoms with E-state index in [4.69, 9.17) is 4.98 Å². The van der Waals surface area contributed by atoms with Gasteiger partial charge in [-0.2, -0.15) is 11.8 Å².